The maximum Gasteiger partial charge on any atom is 0.277 e. The molecule has 0 unspecified atom stereocenters. The van der Waals surface area contributed by atoms with E-state index in [9.17, 15) is 19.1 Å². The van der Waals surface area contributed by atoms with Gasteiger partial charge < -0.3 is 20.2 Å². The number of rotatable bonds is 8. The van der Waals surface area contributed by atoms with Crippen LogP contribution in [-0.2, 0) is 6.42 Å². The van der Waals surface area contributed by atoms with Gasteiger partial charge in [0.1, 0.15) is 18.2 Å². The third kappa shape index (κ3) is 4.74. The summed E-state index contributed by atoms with van der Waals surface area (Å²) < 4.78 is 21.0. The molecule has 166 valence electrons. The number of nitrogens with one attached hydrogen (secondary N) is 1. The molecule has 2 N–H and O–H groups in total. The Kier molecular flexibility index (Phi) is 6.39. The van der Waals surface area contributed by atoms with E-state index >= 15 is 0 Å². The van der Waals surface area contributed by atoms with Crippen LogP contribution in [-0.4, -0.2) is 40.4 Å². The van der Waals surface area contributed by atoms with E-state index in [0.29, 0.717) is 38.2 Å². The number of benzene rings is 2. The van der Waals surface area contributed by atoms with Crippen molar-refractivity contribution >= 4 is 5.91 Å². The van der Waals surface area contributed by atoms with Gasteiger partial charge in [-0.15, -0.1) is 0 Å². The van der Waals surface area contributed by atoms with Crippen LogP contribution in [0.25, 0.3) is 0 Å². The number of fused-ring (bicyclic) bond motifs is 1. The molecule has 0 saturated heterocycles. The second-order valence-electron chi connectivity index (χ2n) is 7.60. The second-order valence-corrected chi connectivity index (χ2v) is 7.60. The monoisotopic (exact) mass is 437 g/mol. The first-order valence-corrected chi connectivity index (χ1v) is 10.5. The van der Waals surface area contributed by atoms with Gasteiger partial charge in [-0.1, -0.05) is 30.3 Å². The summed E-state index contributed by atoms with van der Waals surface area (Å²) in [6, 6.07) is 15.5. The molecule has 1 aromatic heterocycles. The average Bonchev–Trinajstić information content (AvgIpc) is 2.79. The molecule has 0 spiro atoms. The third-order valence-corrected chi connectivity index (χ3v) is 5.34. The number of halogens is 1. The lowest BCUT2D eigenvalue weighted by Crippen LogP contribution is -2.46. The first-order chi connectivity index (χ1) is 15.5. The third-order valence-electron chi connectivity index (χ3n) is 5.34. The Bertz CT molecular complexity index is 1160. The Balaban J connectivity index is 1.30. The summed E-state index contributed by atoms with van der Waals surface area (Å²) in [5, 5.41) is 9.95. The Morgan fingerprint density at radius 1 is 1.06 bits per heavy atom. The molecular formula is C24H24FN3O4. The normalized spacial score (nSPS) is 12.9. The molecule has 0 atom stereocenters. The van der Waals surface area contributed by atoms with E-state index in [-0.39, 0.29) is 18.2 Å². The minimum absolute atomic E-state index is 0.0585. The Hall–Kier alpha value is -3.81. The zero-order valence-electron chi connectivity index (χ0n) is 17.5. The van der Waals surface area contributed by atoms with Crippen LogP contribution in [0.1, 0.15) is 34.5 Å². The van der Waals surface area contributed by atoms with E-state index < -0.39 is 17.1 Å². The fourth-order valence-electron chi connectivity index (χ4n) is 3.66. The van der Waals surface area contributed by atoms with Gasteiger partial charge in [-0.2, -0.15) is 0 Å². The van der Waals surface area contributed by atoms with Crippen molar-refractivity contribution in [3.8, 4) is 11.5 Å². The molecule has 0 radical (unpaired) electrons. The number of amides is 1. The Morgan fingerprint density at radius 2 is 1.88 bits per heavy atom. The zero-order valence-corrected chi connectivity index (χ0v) is 17.5. The smallest absolute Gasteiger partial charge is 0.277 e. The van der Waals surface area contributed by atoms with Gasteiger partial charge in [0.15, 0.2) is 11.4 Å². The molecule has 8 heteroatoms. The van der Waals surface area contributed by atoms with Crippen molar-refractivity contribution in [2.24, 2.45) is 0 Å². The second kappa shape index (κ2) is 9.55. The van der Waals surface area contributed by atoms with Gasteiger partial charge in [-0.3, -0.25) is 14.3 Å². The number of ether oxygens (including phenoxy) is 1. The van der Waals surface area contributed by atoms with E-state index in [1.54, 1.807) is 6.07 Å². The highest BCUT2D eigenvalue weighted by molar-refractivity contribution is 5.96. The standard InChI is InChI=1S/C24H24FN3O4/c25-19-8-9-21(18(15-19)14-17-6-2-1-3-7-17)32-13-5-4-11-27-16-26-28-12-10-20(29)23(30)22(28)24(27)31/h1-3,6-10,12,15,26,30H,4-5,11,13-14,16H2. The Labute approximate surface area is 184 Å². The van der Waals surface area contributed by atoms with Crippen molar-refractivity contribution in [1.82, 2.24) is 9.58 Å². The fraction of sp³-hybridized carbons (Fsp3) is 0.250. The van der Waals surface area contributed by atoms with Crippen LogP contribution in [0.5, 0.6) is 11.5 Å². The highest BCUT2D eigenvalue weighted by Crippen LogP contribution is 2.23. The number of aromatic hydroxyl groups is 1. The maximum atomic E-state index is 13.8. The minimum atomic E-state index is -0.591. The van der Waals surface area contributed by atoms with Gasteiger partial charge in [-0.05, 0) is 36.6 Å². The number of carbonyl (C=O) groups is 1. The predicted octanol–water partition coefficient (Wildman–Crippen LogP) is 3.10. The molecule has 32 heavy (non-hydrogen) atoms. The van der Waals surface area contributed by atoms with Crippen molar-refractivity contribution in [2.45, 2.75) is 19.3 Å². The van der Waals surface area contributed by atoms with Gasteiger partial charge in [0, 0.05) is 30.8 Å². The van der Waals surface area contributed by atoms with Crippen LogP contribution >= 0.6 is 0 Å². The molecule has 0 fully saturated rings. The average molecular weight is 437 g/mol. The topological polar surface area (TPSA) is 83.8 Å². The van der Waals surface area contributed by atoms with E-state index in [1.807, 2.05) is 30.3 Å². The molecule has 0 aliphatic carbocycles. The number of pyridine rings is 1. The molecule has 2 aromatic carbocycles. The van der Waals surface area contributed by atoms with E-state index in [0.717, 1.165) is 11.1 Å². The number of hydrogen-bond donors (Lipinski definition) is 2. The number of aromatic nitrogens is 1. The molecule has 1 aliphatic heterocycles. The first-order valence-electron chi connectivity index (χ1n) is 10.5. The molecule has 4 rings (SSSR count). The Morgan fingerprint density at radius 3 is 2.69 bits per heavy atom. The molecule has 2 heterocycles. The largest absolute Gasteiger partial charge is 0.502 e. The number of hydrogen-bond acceptors (Lipinski definition) is 5. The summed E-state index contributed by atoms with van der Waals surface area (Å²) in [4.78, 5) is 25.8. The molecule has 1 amide bonds. The fourth-order valence-corrected chi connectivity index (χ4v) is 3.66. The summed E-state index contributed by atoms with van der Waals surface area (Å²) in [7, 11) is 0. The number of carbonyl (C=O) groups excluding carboxylic acids is 1. The number of nitrogens with zero attached hydrogens (tertiary/aromatic N) is 2. The SMILES string of the molecule is O=C1c2c(O)c(=O)ccn2NCN1CCCCOc1ccc(F)cc1Cc1ccccc1. The molecule has 0 bridgehead atoms. The van der Waals surface area contributed by atoms with Crippen molar-refractivity contribution in [3.05, 3.63) is 93.7 Å². The highest BCUT2D eigenvalue weighted by Gasteiger charge is 2.27. The van der Waals surface area contributed by atoms with Crippen molar-refractivity contribution < 1.29 is 19.0 Å². The van der Waals surface area contributed by atoms with E-state index in [2.05, 4.69) is 5.43 Å². The lowest BCUT2D eigenvalue weighted by Gasteiger charge is -2.31. The lowest BCUT2D eigenvalue weighted by atomic mass is 10.0. The maximum absolute atomic E-state index is 13.8. The molecule has 1 aliphatic rings. The summed E-state index contributed by atoms with van der Waals surface area (Å²) in [5.74, 6) is -0.616. The van der Waals surface area contributed by atoms with Gasteiger partial charge in [0.2, 0.25) is 5.43 Å². The summed E-state index contributed by atoms with van der Waals surface area (Å²) >= 11 is 0. The minimum Gasteiger partial charge on any atom is -0.502 e. The molecule has 3 aromatic rings. The molecule has 0 saturated carbocycles. The van der Waals surface area contributed by atoms with Crippen LogP contribution in [0.2, 0.25) is 0 Å². The molecule has 7 nitrogen and oxygen atoms in total. The van der Waals surface area contributed by atoms with Gasteiger partial charge in [0.05, 0.1) is 6.61 Å². The predicted molar refractivity (Wildman–Crippen MR) is 118 cm³/mol. The van der Waals surface area contributed by atoms with Crippen molar-refractivity contribution in [1.29, 1.82) is 0 Å². The van der Waals surface area contributed by atoms with E-state index in [4.69, 9.17) is 4.74 Å². The first kappa shape index (κ1) is 21.4. The van der Waals surface area contributed by atoms with Crippen LogP contribution in [0.4, 0.5) is 4.39 Å². The van der Waals surface area contributed by atoms with Crippen LogP contribution < -0.4 is 15.6 Å². The van der Waals surface area contributed by atoms with Crippen molar-refractivity contribution in [2.75, 3.05) is 25.2 Å². The lowest BCUT2D eigenvalue weighted by molar-refractivity contribution is 0.0717. The quantitative estimate of drug-likeness (QED) is 0.529. The number of unbranched alkanes of at least 4 members (excludes halogenated alkanes) is 1. The molecular weight excluding hydrogens is 413 g/mol. The zero-order chi connectivity index (χ0) is 22.5. The van der Waals surface area contributed by atoms with E-state index in [1.165, 1.54) is 34.0 Å². The summed E-state index contributed by atoms with van der Waals surface area (Å²) in [6.07, 6.45) is 3.35. The highest BCUT2D eigenvalue weighted by atomic mass is 19.1. The van der Waals surface area contributed by atoms with Gasteiger partial charge in [-0.25, -0.2) is 4.39 Å². The van der Waals surface area contributed by atoms with Gasteiger partial charge >= 0.3 is 0 Å². The van der Waals surface area contributed by atoms with Crippen LogP contribution in [0.3, 0.4) is 0 Å². The summed E-state index contributed by atoms with van der Waals surface area (Å²) in [5.41, 5.74) is 4.17. The van der Waals surface area contributed by atoms with Gasteiger partial charge in [0.25, 0.3) is 5.91 Å². The van der Waals surface area contributed by atoms with Crippen LogP contribution in [0, 0.1) is 5.82 Å². The summed E-state index contributed by atoms with van der Waals surface area (Å²) in [6.45, 7) is 1.14. The van der Waals surface area contributed by atoms with Crippen molar-refractivity contribution in [3.63, 3.8) is 0 Å². The van der Waals surface area contributed by atoms with Crippen LogP contribution in [0.15, 0.2) is 65.6 Å².